The van der Waals surface area contributed by atoms with Crippen LogP contribution in [0, 0.1) is 0 Å². The Morgan fingerprint density at radius 1 is 1.32 bits per heavy atom. The number of benzene rings is 1. The summed E-state index contributed by atoms with van der Waals surface area (Å²) in [5.74, 6) is 0.956. The SMILES string of the molecule is CC1(C)Oc2ccc(Br)cc2C(N=C2CCC(=O)C2)C1(C)O. The summed E-state index contributed by atoms with van der Waals surface area (Å²) in [5.41, 5.74) is -0.214. The van der Waals surface area contributed by atoms with Crippen LogP contribution in [0.1, 0.15) is 51.6 Å². The van der Waals surface area contributed by atoms with Gasteiger partial charge in [-0.15, -0.1) is 0 Å². The minimum Gasteiger partial charge on any atom is -0.484 e. The van der Waals surface area contributed by atoms with Gasteiger partial charge in [0, 0.05) is 28.6 Å². The van der Waals surface area contributed by atoms with Crippen molar-refractivity contribution in [1.29, 1.82) is 0 Å². The third-order valence-corrected chi connectivity index (χ3v) is 5.28. The average molecular weight is 366 g/mol. The third kappa shape index (κ3) is 2.50. The van der Waals surface area contributed by atoms with Gasteiger partial charge < -0.3 is 9.84 Å². The standard InChI is InChI=1S/C17H20BrNO3/c1-16(2)17(3,21)15(19-11-5-6-12(20)9-11)13-8-10(18)4-7-14(13)22-16/h4,7-8,15,21H,5-6,9H2,1-3H3. The number of Topliss-reactive ketones (excluding diaryl/α,β-unsaturated/α-hetero) is 1. The number of ketones is 1. The van der Waals surface area contributed by atoms with Crippen LogP contribution >= 0.6 is 15.9 Å². The van der Waals surface area contributed by atoms with Gasteiger partial charge >= 0.3 is 0 Å². The molecule has 4 nitrogen and oxygen atoms in total. The number of carbonyl (C=O) groups is 1. The predicted molar refractivity (Wildman–Crippen MR) is 88.5 cm³/mol. The fourth-order valence-electron chi connectivity index (χ4n) is 3.01. The van der Waals surface area contributed by atoms with Gasteiger partial charge in [-0.1, -0.05) is 15.9 Å². The number of ether oxygens (including phenoxy) is 1. The van der Waals surface area contributed by atoms with Crippen LogP contribution < -0.4 is 4.74 Å². The molecule has 2 atom stereocenters. The summed E-state index contributed by atoms with van der Waals surface area (Å²) in [7, 11) is 0. The van der Waals surface area contributed by atoms with Gasteiger partial charge in [0.1, 0.15) is 28.8 Å². The van der Waals surface area contributed by atoms with Gasteiger partial charge in [0.25, 0.3) is 0 Å². The largest absolute Gasteiger partial charge is 0.484 e. The Morgan fingerprint density at radius 2 is 2.05 bits per heavy atom. The summed E-state index contributed by atoms with van der Waals surface area (Å²) in [6.07, 6.45) is 1.65. The molecule has 1 aliphatic heterocycles. The highest BCUT2D eigenvalue weighted by molar-refractivity contribution is 9.10. The number of hydrogen-bond donors (Lipinski definition) is 1. The van der Waals surface area contributed by atoms with Gasteiger partial charge in [-0.05, 0) is 45.4 Å². The molecule has 0 aromatic heterocycles. The minimum atomic E-state index is -1.17. The summed E-state index contributed by atoms with van der Waals surface area (Å²) >= 11 is 3.47. The van der Waals surface area contributed by atoms with Gasteiger partial charge in [0.2, 0.25) is 0 Å². The number of aliphatic hydroxyl groups is 1. The first-order valence-corrected chi connectivity index (χ1v) is 8.28. The predicted octanol–water partition coefficient (Wildman–Crippen LogP) is 3.61. The average Bonchev–Trinajstić information content (AvgIpc) is 2.82. The Hall–Kier alpha value is -1.20. The maximum atomic E-state index is 11.5. The highest BCUT2D eigenvalue weighted by atomic mass is 79.9. The van der Waals surface area contributed by atoms with Crippen LogP contribution in [0.3, 0.4) is 0 Å². The molecule has 0 radical (unpaired) electrons. The molecule has 2 unspecified atom stereocenters. The molecule has 1 N–H and O–H groups in total. The minimum absolute atomic E-state index is 0.221. The molecule has 22 heavy (non-hydrogen) atoms. The number of nitrogens with zero attached hydrogens (tertiary/aromatic N) is 1. The van der Waals surface area contributed by atoms with E-state index in [9.17, 15) is 9.90 Å². The monoisotopic (exact) mass is 365 g/mol. The molecule has 0 amide bonds. The van der Waals surface area contributed by atoms with E-state index in [-0.39, 0.29) is 5.78 Å². The first-order chi connectivity index (χ1) is 10.2. The van der Waals surface area contributed by atoms with Crippen molar-refractivity contribution >= 4 is 27.4 Å². The summed E-state index contributed by atoms with van der Waals surface area (Å²) in [6.45, 7) is 5.48. The molecule has 2 aliphatic rings. The van der Waals surface area contributed by atoms with E-state index in [1.54, 1.807) is 6.92 Å². The highest BCUT2D eigenvalue weighted by Crippen LogP contribution is 2.49. The molecule has 1 aliphatic carbocycles. The molecule has 1 fully saturated rings. The molecule has 3 rings (SSSR count). The van der Waals surface area contributed by atoms with Crippen LogP contribution in [0.15, 0.2) is 27.7 Å². The zero-order chi connectivity index (χ0) is 16.1. The number of hydrogen-bond acceptors (Lipinski definition) is 4. The molecule has 118 valence electrons. The number of fused-ring (bicyclic) bond motifs is 1. The lowest BCUT2D eigenvalue weighted by Gasteiger charge is -2.48. The van der Waals surface area contributed by atoms with Gasteiger partial charge in [0.05, 0.1) is 0 Å². The first kappa shape index (κ1) is 15.7. The molecule has 5 heteroatoms. The normalized spacial score (nSPS) is 32.0. The van der Waals surface area contributed by atoms with E-state index in [0.717, 1.165) is 21.5 Å². The second kappa shape index (κ2) is 5.17. The van der Waals surface area contributed by atoms with Gasteiger partial charge in [-0.25, -0.2) is 0 Å². The third-order valence-electron chi connectivity index (χ3n) is 4.79. The zero-order valence-corrected chi connectivity index (χ0v) is 14.6. The van der Waals surface area contributed by atoms with Crippen molar-refractivity contribution in [3.8, 4) is 5.75 Å². The Kier molecular flexibility index (Phi) is 3.68. The maximum absolute atomic E-state index is 11.5. The lowest BCUT2D eigenvalue weighted by molar-refractivity contribution is -0.131. The molecule has 0 saturated heterocycles. The zero-order valence-electron chi connectivity index (χ0n) is 13.0. The van der Waals surface area contributed by atoms with E-state index in [4.69, 9.17) is 9.73 Å². The number of halogens is 1. The fourth-order valence-corrected chi connectivity index (χ4v) is 3.39. The Morgan fingerprint density at radius 3 is 2.68 bits per heavy atom. The topological polar surface area (TPSA) is 58.9 Å². The fraction of sp³-hybridized carbons (Fsp3) is 0.529. The van der Waals surface area contributed by atoms with E-state index in [1.165, 1.54) is 0 Å². The summed E-state index contributed by atoms with van der Waals surface area (Å²) in [6, 6.07) is 5.30. The van der Waals surface area contributed by atoms with Crippen LogP contribution in [-0.4, -0.2) is 27.8 Å². The van der Waals surface area contributed by atoms with E-state index in [1.807, 2.05) is 32.0 Å². The Balaban J connectivity index is 2.12. The van der Waals surface area contributed by atoms with Crippen LogP contribution in [0.4, 0.5) is 0 Å². The summed E-state index contributed by atoms with van der Waals surface area (Å²) in [4.78, 5) is 16.3. The van der Waals surface area contributed by atoms with Crippen LogP contribution in [0.5, 0.6) is 5.75 Å². The summed E-state index contributed by atoms with van der Waals surface area (Å²) in [5, 5.41) is 11.1. The number of carbonyl (C=O) groups excluding carboxylic acids is 1. The van der Waals surface area contributed by atoms with Crippen molar-refractivity contribution in [2.24, 2.45) is 4.99 Å². The number of rotatable bonds is 1. The highest BCUT2D eigenvalue weighted by Gasteiger charge is 2.53. The molecule has 1 saturated carbocycles. The van der Waals surface area contributed by atoms with E-state index >= 15 is 0 Å². The molecule has 0 spiro atoms. The van der Waals surface area contributed by atoms with Crippen LogP contribution in [0.25, 0.3) is 0 Å². The first-order valence-electron chi connectivity index (χ1n) is 7.49. The Bertz CT molecular complexity index is 664. The van der Waals surface area contributed by atoms with E-state index in [2.05, 4.69) is 15.9 Å². The smallest absolute Gasteiger partial charge is 0.138 e. The summed E-state index contributed by atoms with van der Waals surface area (Å²) < 4.78 is 6.91. The molecule has 1 aromatic rings. The Labute approximate surface area is 138 Å². The lowest BCUT2D eigenvalue weighted by atomic mass is 9.75. The van der Waals surface area contributed by atoms with Crippen molar-refractivity contribution in [2.45, 2.75) is 57.3 Å². The molecule has 0 bridgehead atoms. The van der Waals surface area contributed by atoms with Crippen LogP contribution in [-0.2, 0) is 4.79 Å². The van der Waals surface area contributed by atoms with Gasteiger partial charge in [-0.2, -0.15) is 0 Å². The van der Waals surface area contributed by atoms with E-state index < -0.39 is 17.2 Å². The van der Waals surface area contributed by atoms with Gasteiger partial charge in [0.15, 0.2) is 0 Å². The van der Waals surface area contributed by atoms with Gasteiger partial charge in [-0.3, -0.25) is 9.79 Å². The molecule has 1 heterocycles. The van der Waals surface area contributed by atoms with Crippen LogP contribution in [0.2, 0.25) is 0 Å². The quantitative estimate of drug-likeness (QED) is 0.826. The van der Waals surface area contributed by atoms with Crippen molar-refractivity contribution < 1.29 is 14.6 Å². The van der Waals surface area contributed by atoms with Crippen molar-refractivity contribution in [3.05, 3.63) is 28.2 Å². The van der Waals surface area contributed by atoms with Crippen molar-refractivity contribution in [1.82, 2.24) is 0 Å². The van der Waals surface area contributed by atoms with Crippen molar-refractivity contribution in [3.63, 3.8) is 0 Å². The lowest BCUT2D eigenvalue weighted by Crippen LogP contribution is -2.57. The maximum Gasteiger partial charge on any atom is 0.138 e. The van der Waals surface area contributed by atoms with Crippen molar-refractivity contribution in [2.75, 3.05) is 0 Å². The molecular formula is C17H20BrNO3. The second-order valence-electron chi connectivity index (χ2n) is 6.76. The second-order valence-corrected chi connectivity index (χ2v) is 7.67. The number of aliphatic imine (C=N–C) groups is 1. The molecule has 1 aromatic carbocycles. The van der Waals surface area contributed by atoms with E-state index in [0.29, 0.717) is 19.3 Å². The molecular weight excluding hydrogens is 346 g/mol.